The molecule has 4 heteroatoms. The van der Waals surface area contributed by atoms with Gasteiger partial charge in [0.05, 0.1) is 9.89 Å². The zero-order chi connectivity index (χ0) is 12.3. The van der Waals surface area contributed by atoms with E-state index in [9.17, 15) is 5.11 Å². The molecule has 16 heavy (non-hydrogen) atoms. The second-order valence-electron chi connectivity index (χ2n) is 4.54. The van der Waals surface area contributed by atoms with Gasteiger partial charge in [0.2, 0.25) is 0 Å². The Labute approximate surface area is 110 Å². The van der Waals surface area contributed by atoms with Crippen molar-refractivity contribution >= 4 is 27.3 Å². The summed E-state index contributed by atoms with van der Waals surface area (Å²) >= 11 is 5.33. The van der Waals surface area contributed by atoms with Gasteiger partial charge in [0.1, 0.15) is 0 Å². The number of aliphatic hydroxyl groups is 1. The number of hydrogen-bond donors (Lipinski definition) is 1. The Bertz CT molecular complexity index is 316. The predicted octanol–water partition coefficient (Wildman–Crippen LogP) is 3.41. The van der Waals surface area contributed by atoms with Crippen molar-refractivity contribution in [1.82, 2.24) is 4.90 Å². The summed E-state index contributed by atoms with van der Waals surface area (Å²) in [5.41, 5.74) is 1.29. The molecule has 0 bridgehead atoms. The van der Waals surface area contributed by atoms with Crippen LogP contribution in [0.3, 0.4) is 0 Å². The Morgan fingerprint density at radius 2 is 2.06 bits per heavy atom. The molecule has 1 N–H and O–H groups in total. The molecular weight excluding hydrogens is 286 g/mol. The van der Waals surface area contributed by atoms with Crippen LogP contribution in [0.4, 0.5) is 0 Å². The highest BCUT2D eigenvalue weighted by molar-refractivity contribution is 9.11. The largest absolute Gasteiger partial charge is 0.392 e. The van der Waals surface area contributed by atoms with Crippen molar-refractivity contribution in [3.8, 4) is 0 Å². The zero-order valence-electron chi connectivity index (χ0n) is 10.3. The normalized spacial score (nSPS) is 13.8. The Morgan fingerprint density at radius 1 is 1.44 bits per heavy atom. The summed E-state index contributed by atoms with van der Waals surface area (Å²) in [5, 5.41) is 9.46. The van der Waals surface area contributed by atoms with Crippen molar-refractivity contribution in [3.05, 3.63) is 20.3 Å². The lowest BCUT2D eigenvalue weighted by Gasteiger charge is -2.27. The second kappa shape index (κ2) is 6.15. The molecule has 92 valence electrons. The summed E-state index contributed by atoms with van der Waals surface area (Å²) in [4.78, 5) is 3.64. The fraction of sp³-hybridized carbons (Fsp3) is 0.667. The molecule has 1 aromatic rings. The summed E-state index contributed by atoms with van der Waals surface area (Å²) in [6.07, 6.45) is -0.271. The van der Waals surface area contributed by atoms with Gasteiger partial charge in [-0.1, -0.05) is 0 Å². The van der Waals surface area contributed by atoms with Gasteiger partial charge in [-0.3, -0.25) is 4.90 Å². The van der Waals surface area contributed by atoms with E-state index in [2.05, 4.69) is 47.7 Å². The summed E-state index contributed by atoms with van der Waals surface area (Å²) in [7, 11) is 0. The first kappa shape index (κ1) is 14.2. The lowest BCUT2D eigenvalue weighted by Crippen LogP contribution is -2.35. The fourth-order valence-electron chi connectivity index (χ4n) is 1.60. The number of aryl methyl sites for hydroxylation is 1. The number of thiophene rings is 1. The molecule has 0 saturated heterocycles. The SMILES string of the molecule is Cc1cc(CN(CC(C)O)C(C)C)sc1Br. The summed E-state index contributed by atoms with van der Waals surface area (Å²) in [6, 6.07) is 2.67. The molecular formula is C12H20BrNOS. The molecule has 0 aliphatic carbocycles. The highest BCUT2D eigenvalue weighted by Gasteiger charge is 2.14. The second-order valence-corrected chi connectivity index (χ2v) is 7.00. The van der Waals surface area contributed by atoms with Gasteiger partial charge < -0.3 is 5.11 Å². The molecule has 1 aromatic heterocycles. The van der Waals surface area contributed by atoms with Crippen LogP contribution in [0.2, 0.25) is 0 Å². The Morgan fingerprint density at radius 3 is 2.44 bits per heavy atom. The first-order valence-corrected chi connectivity index (χ1v) is 7.18. The van der Waals surface area contributed by atoms with Crippen molar-refractivity contribution in [2.45, 2.75) is 46.4 Å². The maximum Gasteiger partial charge on any atom is 0.0730 e. The molecule has 1 rings (SSSR count). The molecule has 0 amide bonds. The quantitative estimate of drug-likeness (QED) is 0.901. The van der Waals surface area contributed by atoms with E-state index in [1.165, 1.54) is 14.2 Å². The number of halogens is 1. The third-order valence-electron chi connectivity index (χ3n) is 2.50. The maximum absolute atomic E-state index is 9.46. The molecule has 0 spiro atoms. The molecule has 1 atom stereocenters. The van der Waals surface area contributed by atoms with Gasteiger partial charge in [-0.15, -0.1) is 11.3 Å². The van der Waals surface area contributed by atoms with Gasteiger partial charge >= 0.3 is 0 Å². The van der Waals surface area contributed by atoms with Crippen molar-refractivity contribution < 1.29 is 5.11 Å². The molecule has 0 radical (unpaired) electrons. The van der Waals surface area contributed by atoms with Crippen LogP contribution in [0.1, 0.15) is 31.2 Å². The lowest BCUT2D eigenvalue weighted by molar-refractivity contribution is 0.103. The first-order valence-electron chi connectivity index (χ1n) is 5.57. The van der Waals surface area contributed by atoms with Gasteiger partial charge in [-0.25, -0.2) is 0 Å². The number of rotatable bonds is 5. The number of hydrogen-bond acceptors (Lipinski definition) is 3. The van der Waals surface area contributed by atoms with Crippen molar-refractivity contribution in [2.24, 2.45) is 0 Å². The third kappa shape index (κ3) is 4.17. The van der Waals surface area contributed by atoms with Gasteiger partial charge in [0.15, 0.2) is 0 Å². The fourth-order valence-corrected chi connectivity index (χ4v) is 3.25. The Balaban J connectivity index is 2.67. The molecule has 0 aliphatic heterocycles. The van der Waals surface area contributed by atoms with Crippen molar-refractivity contribution in [1.29, 1.82) is 0 Å². The van der Waals surface area contributed by atoms with Gasteiger partial charge in [-0.2, -0.15) is 0 Å². The summed E-state index contributed by atoms with van der Waals surface area (Å²) in [6.45, 7) is 9.92. The van der Waals surface area contributed by atoms with Crippen LogP contribution in [-0.4, -0.2) is 28.7 Å². The molecule has 2 nitrogen and oxygen atoms in total. The minimum absolute atomic E-state index is 0.271. The third-order valence-corrected chi connectivity index (χ3v) is 4.62. The van der Waals surface area contributed by atoms with Crippen LogP contribution in [0, 0.1) is 6.92 Å². The minimum Gasteiger partial charge on any atom is -0.392 e. The topological polar surface area (TPSA) is 23.5 Å². The van der Waals surface area contributed by atoms with E-state index in [-0.39, 0.29) is 6.10 Å². The van der Waals surface area contributed by atoms with E-state index in [0.29, 0.717) is 6.04 Å². The molecule has 0 saturated carbocycles. The van der Waals surface area contributed by atoms with Crippen LogP contribution in [0.15, 0.2) is 9.85 Å². The van der Waals surface area contributed by atoms with E-state index in [1.807, 2.05) is 6.92 Å². The Kier molecular flexibility index (Phi) is 5.44. The summed E-state index contributed by atoms with van der Waals surface area (Å²) < 4.78 is 1.21. The van der Waals surface area contributed by atoms with Gasteiger partial charge in [-0.05, 0) is 55.3 Å². The minimum atomic E-state index is -0.271. The molecule has 1 unspecified atom stereocenters. The highest BCUT2D eigenvalue weighted by atomic mass is 79.9. The first-order chi connectivity index (χ1) is 7.40. The molecule has 0 aromatic carbocycles. The van der Waals surface area contributed by atoms with E-state index in [1.54, 1.807) is 11.3 Å². The van der Waals surface area contributed by atoms with Gasteiger partial charge in [0, 0.05) is 24.0 Å². The van der Waals surface area contributed by atoms with Crippen molar-refractivity contribution in [2.75, 3.05) is 6.54 Å². The average Bonchev–Trinajstić information content (AvgIpc) is 2.44. The van der Waals surface area contributed by atoms with E-state index < -0.39 is 0 Å². The van der Waals surface area contributed by atoms with Crippen LogP contribution in [0.5, 0.6) is 0 Å². The molecule has 0 fully saturated rings. The van der Waals surface area contributed by atoms with Gasteiger partial charge in [0.25, 0.3) is 0 Å². The maximum atomic E-state index is 9.46. The Hall–Kier alpha value is 0.100. The zero-order valence-corrected chi connectivity index (χ0v) is 12.7. The standard InChI is InChI=1S/C12H20BrNOS/c1-8(2)14(6-10(4)15)7-11-5-9(3)12(13)16-11/h5,8,10,15H,6-7H2,1-4H3. The van der Waals surface area contributed by atoms with Crippen LogP contribution in [0.25, 0.3) is 0 Å². The average molecular weight is 306 g/mol. The van der Waals surface area contributed by atoms with Crippen LogP contribution >= 0.6 is 27.3 Å². The number of nitrogens with zero attached hydrogens (tertiary/aromatic N) is 1. The van der Waals surface area contributed by atoms with Crippen LogP contribution in [-0.2, 0) is 6.54 Å². The van der Waals surface area contributed by atoms with Crippen molar-refractivity contribution in [3.63, 3.8) is 0 Å². The van der Waals surface area contributed by atoms with Crippen LogP contribution < -0.4 is 0 Å². The van der Waals surface area contributed by atoms with E-state index in [4.69, 9.17) is 0 Å². The lowest BCUT2D eigenvalue weighted by atomic mass is 10.2. The summed E-state index contributed by atoms with van der Waals surface area (Å²) in [5.74, 6) is 0. The number of aliphatic hydroxyl groups excluding tert-OH is 1. The highest BCUT2D eigenvalue weighted by Crippen LogP contribution is 2.28. The van der Waals surface area contributed by atoms with E-state index in [0.717, 1.165) is 13.1 Å². The monoisotopic (exact) mass is 305 g/mol. The van der Waals surface area contributed by atoms with E-state index >= 15 is 0 Å². The molecule has 1 heterocycles. The predicted molar refractivity (Wildman–Crippen MR) is 74.0 cm³/mol. The molecule has 0 aliphatic rings. The smallest absolute Gasteiger partial charge is 0.0730 e.